The SMILES string of the molecule is CN(CCc1ccccc1)CCC(C)(C#N)NC1CC1. The fourth-order valence-corrected chi connectivity index (χ4v) is 2.33. The second kappa shape index (κ2) is 6.88. The molecule has 0 spiro atoms. The Bertz CT molecular complexity index is 447. The number of nitrogens with one attached hydrogen (secondary N) is 1. The standard InChI is InChI=1S/C17H25N3/c1-17(14-18,19-16-8-9-16)11-13-20(2)12-10-15-6-4-3-5-7-15/h3-7,16,19H,8-13H2,1-2H3. The molecule has 20 heavy (non-hydrogen) atoms. The first kappa shape index (κ1) is 15.0. The molecule has 1 aromatic carbocycles. The number of hydrogen-bond acceptors (Lipinski definition) is 3. The van der Waals surface area contributed by atoms with E-state index in [1.54, 1.807) is 0 Å². The van der Waals surface area contributed by atoms with Gasteiger partial charge in [0.25, 0.3) is 0 Å². The lowest BCUT2D eigenvalue weighted by Crippen LogP contribution is -2.44. The Hall–Kier alpha value is -1.37. The molecule has 1 fully saturated rings. The summed E-state index contributed by atoms with van der Waals surface area (Å²) < 4.78 is 0. The van der Waals surface area contributed by atoms with E-state index in [-0.39, 0.29) is 5.54 Å². The van der Waals surface area contributed by atoms with Gasteiger partial charge in [0.15, 0.2) is 0 Å². The summed E-state index contributed by atoms with van der Waals surface area (Å²) in [6.07, 6.45) is 4.39. The highest BCUT2D eigenvalue weighted by Gasteiger charge is 2.32. The topological polar surface area (TPSA) is 39.1 Å². The quantitative estimate of drug-likeness (QED) is 0.790. The monoisotopic (exact) mass is 271 g/mol. The van der Waals surface area contributed by atoms with Crippen LogP contribution in [0, 0.1) is 11.3 Å². The normalized spacial score (nSPS) is 17.7. The molecule has 1 unspecified atom stereocenters. The van der Waals surface area contributed by atoms with Crippen molar-refractivity contribution >= 4 is 0 Å². The number of rotatable bonds is 8. The molecule has 108 valence electrons. The molecular weight excluding hydrogens is 246 g/mol. The van der Waals surface area contributed by atoms with Crippen molar-refractivity contribution in [2.75, 3.05) is 20.1 Å². The molecule has 0 amide bonds. The number of nitriles is 1. The molecule has 1 atom stereocenters. The Morgan fingerprint density at radius 2 is 2.00 bits per heavy atom. The lowest BCUT2D eigenvalue weighted by Gasteiger charge is -2.26. The van der Waals surface area contributed by atoms with Crippen molar-refractivity contribution in [1.82, 2.24) is 10.2 Å². The molecule has 0 saturated heterocycles. The molecule has 3 heteroatoms. The predicted molar refractivity (Wildman–Crippen MR) is 82.4 cm³/mol. The summed E-state index contributed by atoms with van der Waals surface area (Å²) in [6.45, 7) is 4.02. The summed E-state index contributed by atoms with van der Waals surface area (Å²) in [4.78, 5) is 2.32. The zero-order valence-electron chi connectivity index (χ0n) is 12.6. The van der Waals surface area contributed by atoms with E-state index in [2.05, 4.69) is 53.7 Å². The summed E-state index contributed by atoms with van der Waals surface area (Å²) in [7, 11) is 2.14. The summed E-state index contributed by atoms with van der Waals surface area (Å²) >= 11 is 0. The average Bonchev–Trinajstić information content (AvgIpc) is 3.28. The van der Waals surface area contributed by atoms with E-state index in [1.807, 2.05) is 6.92 Å². The first-order valence-electron chi connectivity index (χ1n) is 7.53. The van der Waals surface area contributed by atoms with E-state index >= 15 is 0 Å². The van der Waals surface area contributed by atoms with Crippen molar-refractivity contribution in [3.63, 3.8) is 0 Å². The van der Waals surface area contributed by atoms with Gasteiger partial charge in [0, 0.05) is 19.1 Å². The maximum absolute atomic E-state index is 9.35. The number of benzene rings is 1. The Labute approximate surface area is 122 Å². The van der Waals surface area contributed by atoms with E-state index in [0.717, 1.165) is 25.9 Å². The van der Waals surface area contributed by atoms with Gasteiger partial charge in [-0.05, 0) is 45.2 Å². The lowest BCUT2D eigenvalue weighted by molar-refractivity contribution is 0.289. The Morgan fingerprint density at radius 3 is 2.60 bits per heavy atom. The zero-order valence-corrected chi connectivity index (χ0v) is 12.6. The molecule has 0 aromatic heterocycles. The molecule has 2 rings (SSSR count). The second-order valence-electron chi connectivity index (χ2n) is 6.15. The minimum Gasteiger partial charge on any atom is -0.306 e. The molecule has 0 radical (unpaired) electrons. The van der Waals surface area contributed by atoms with E-state index < -0.39 is 0 Å². The maximum Gasteiger partial charge on any atom is 0.105 e. The largest absolute Gasteiger partial charge is 0.306 e. The van der Waals surface area contributed by atoms with Gasteiger partial charge in [0.05, 0.1) is 6.07 Å². The van der Waals surface area contributed by atoms with Crippen molar-refractivity contribution in [2.45, 2.75) is 44.2 Å². The predicted octanol–water partition coefficient (Wildman–Crippen LogP) is 2.59. The molecule has 0 bridgehead atoms. The number of likely N-dealkylation sites (N-methyl/N-ethyl adjacent to an activating group) is 1. The van der Waals surface area contributed by atoms with Crippen molar-refractivity contribution in [3.8, 4) is 6.07 Å². The van der Waals surface area contributed by atoms with Crippen LogP contribution in [0.4, 0.5) is 0 Å². The summed E-state index contributed by atoms with van der Waals surface area (Å²) in [5.41, 5.74) is 1.00. The molecule has 1 N–H and O–H groups in total. The van der Waals surface area contributed by atoms with Gasteiger partial charge in [-0.2, -0.15) is 5.26 Å². The van der Waals surface area contributed by atoms with Crippen molar-refractivity contribution in [1.29, 1.82) is 5.26 Å². The number of hydrogen-bond donors (Lipinski definition) is 1. The molecule has 3 nitrogen and oxygen atoms in total. The highest BCUT2D eigenvalue weighted by atomic mass is 15.1. The smallest absolute Gasteiger partial charge is 0.105 e. The van der Waals surface area contributed by atoms with Gasteiger partial charge in [-0.15, -0.1) is 0 Å². The fraction of sp³-hybridized carbons (Fsp3) is 0.588. The molecule has 0 heterocycles. The molecule has 1 aliphatic rings. The first-order valence-corrected chi connectivity index (χ1v) is 7.53. The zero-order chi connectivity index (χ0) is 14.4. The lowest BCUT2D eigenvalue weighted by atomic mass is 9.99. The van der Waals surface area contributed by atoms with Crippen LogP contribution >= 0.6 is 0 Å². The minimum atomic E-state index is -0.373. The second-order valence-corrected chi connectivity index (χ2v) is 6.15. The van der Waals surface area contributed by atoms with Crippen molar-refractivity contribution in [2.24, 2.45) is 0 Å². The van der Waals surface area contributed by atoms with Crippen molar-refractivity contribution in [3.05, 3.63) is 35.9 Å². The maximum atomic E-state index is 9.35. The van der Waals surface area contributed by atoms with Gasteiger partial charge in [0.1, 0.15) is 5.54 Å². The average molecular weight is 271 g/mol. The van der Waals surface area contributed by atoms with Gasteiger partial charge < -0.3 is 4.90 Å². The van der Waals surface area contributed by atoms with E-state index in [9.17, 15) is 5.26 Å². The minimum absolute atomic E-state index is 0.373. The third-order valence-electron chi connectivity index (χ3n) is 3.97. The first-order chi connectivity index (χ1) is 9.61. The van der Waals surface area contributed by atoms with Crippen LogP contribution in [0.15, 0.2) is 30.3 Å². The molecule has 1 aliphatic carbocycles. The van der Waals surface area contributed by atoms with Crippen LogP contribution in [0.3, 0.4) is 0 Å². The van der Waals surface area contributed by atoms with E-state index in [0.29, 0.717) is 6.04 Å². The van der Waals surface area contributed by atoms with Crippen LogP contribution in [0.1, 0.15) is 31.7 Å². The Kier molecular flexibility index (Phi) is 5.17. The van der Waals surface area contributed by atoms with Crippen LogP contribution in [0.5, 0.6) is 0 Å². The molecule has 0 aliphatic heterocycles. The van der Waals surface area contributed by atoms with Crippen LogP contribution < -0.4 is 5.32 Å². The summed E-state index contributed by atoms with van der Waals surface area (Å²) in [5, 5.41) is 12.8. The van der Waals surface area contributed by atoms with Gasteiger partial charge in [-0.25, -0.2) is 0 Å². The van der Waals surface area contributed by atoms with Crippen LogP contribution in [-0.4, -0.2) is 36.6 Å². The van der Waals surface area contributed by atoms with Crippen molar-refractivity contribution < 1.29 is 0 Å². The third-order valence-corrected chi connectivity index (χ3v) is 3.97. The van der Waals surface area contributed by atoms with E-state index in [4.69, 9.17) is 0 Å². The van der Waals surface area contributed by atoms with Crippen LogP contribution in [-0.2, 0) is 6.42 Å². The van der Waals surface area contributed by atoms with Crippen LogP contribution in [0.25, 0.3) is 0 Å². The van der Waals surface area contributed by atoms with Crippen LogP contribution in [0.2, 0.25) is 0 Å². The van der Waals surface area contributed by atoms with Gasteiger partial charge in [-0.3, -0.25) is 5.32 Å². The highest BCUT2D eigenvalue weighted by molar-refractivity contribution is 5.14. The summed E-state index contributed by atoms with van der Waals surface area (Å²) in [6, 6.07) is 13.6. The van der Waals surface area contributed by atoms with Gasteiger partial charge in [-0.1, -0.05) is 30.3 Å². The Balaban J connectivity index is 1.71. The van der Waals surface area contributed by atoms with Gasteiger partial charge in [0.2, 0.25) is 0 Å². The summed E-state index contributed by atoms with van der Waals surface area (Å²) in [5.74, 6) is 0. The highest BCUT2D eigenvalue weighted by Crippen LogP contribution is 2.23. The fourth-order valence-electron chi connectivity index (χ4n) is 2.33. The molecule has 1 saturated carbocycles. The molecule has 1 aromatic rings. The molecular formula is C17H25N3. The number of nitrogens with zero attached hydrogens (tertiary/aromatic N) is 2. The van der Waals surface area contributed by atoms with Gasteiger partial charge >= 0.3 is 0 Å². The third kappa shape index (κ3) is 4.96. The van der Waals surface area contributed by atoms with E-state index in [1.165, 1.54) is 18.4 Å². The Morgan fingerprint density at radius 1 is 1.30 bits per heavy atom.